The van der Waals surface area contributed by atoms with E-state index in [1.807, 2.05) is 6.92 Å². The van der Waals surface area contributed by atoms with Gasteiger partial charge in [-0.25, -0.2) is 0 Å². The number of thioether (sulfide) groups is 1. The molecule has 1 atom stereocenters. The summed E-state index contributed by atoms with van der Waals surface area (Å²) in [7, 11) is 0. The van der Waals surface area contributed by atoms with E-state index >= 15 is 0 Å². The second kappa shape index (κ2) is 10.3. The summed E-state index contributed by atoms with van der Waals surface area (Å²) in [6.07, 6.45) is 7.77. The van der Waals surface area contributed by atoms with Crippen molar-refractivity contribution in [1.29, 1.82) is 0 Å². The molecule has 0 aromatic rings. The van der Waals surface area contributed by atoms with Crippen molar-refractivity contribution < 1.29 is 14.3 Å². The maximum atomic E-state index is 12.0. The molecule has 4 heteroatoms. The van der Waals surface area contributed by atoms with Crippen molar-refractivity contribution in [2.24, 2.45) is 0 Å². The van der Waals surface area contributed by atoms with Crippen molar-refractivity contribution in [3.8, 4) is 0 Å². The number of unbranched alkanes of at least 4 members (excludes halogenated alkanes) is 5. The average molecular weight is 288 g/mol. The molecule has 0 fully saturated rings. The first-order valence-corrected chi connectivity index (χ1v) is 8.14. The van der Waals surface area contributed by atoms with Crippen molar-refractivity contribution >= 4 is 22.8 Å². The maximum absolute atomic E-state index is 12.0. The number of carbonyl (C=O) groups is 2. The van der Waals surface area contributed by atoms with Crippen molar-refractivity contribution in [3.05, 3.63) is 0 Å². The number of hydrogen-bond acceptors (Lipinski definition) is 4. The largest absolute Gasteiger partial charge is 0.465 e. The lowest BCUT2D eigenvalue weighted by Gasteiger charge is -2.25. The third kappa shape index (κ3) is 8.30. The van der Waals surface area contributed by atoms with E-state index in [9.17, 15) is 9.59 Å². The molecule has 19 heavy (non-hydrogen) atoms. The summed E-state index contributed by atoms with van der Waals surface area (Å²) in [6, 6.07) is 0. The van der Waals surface area contributed by atoms with E-state index in [1.165, 1.54) is 32.6 Å². The van der Waals surface area contributed by atoms with Crippen molar-refractivity contribution in [2.75, 3.05) is 6.61 Å². The topological polar surface area (TPSA) is 43.4 Å². The summed E-state index contributed by atoms with van der Waals surface area (Å²) < 4.78 is 4.38. The van der Waals surface area contributed by atoms with E-state index in [0.29, 0.717) is 13.0 Å². The third-order valence-corrected chi connectivity index (χ3v) is 4.19. The van der Waals surface area contributed by atoms with Crippen LogP contribution in [0.15, 0.2) is 0 Å². The highest BCUT2D eigenvalue weighted by Gasteiger charge is 2.36. The Kier molecular flexibility index (Phi) is 10.0. The quantitative estimate of drug-likeness (QED) is 0.443. The molecule has 0 saturated carbocycles. The molecule has 0 rings (SSSR count). The standard InChI is InChI=1S/C15H28O3S/c1-5-7-8-9-10-11-12-15(4,19-13(3)16)14(17)18-6-2/h5-12H2,1-4H3/t15-/m1/s1. The van der Waals surface area contributed by atoms with Crippen LogP contribution in [0.4, 0.5) is 0 Å². The molecule has 0 spiro atoms. The van der Waals surface area contributed by atoms with Crippen LogP contribution in [-0.4, -0.2) is 22.4 Å². The molecule has 3 nitrogen and oxygen atoms in total. The Balaban J connectivity index is 4.19. The molecule has 0 saturated heterocycles. The molecule has 0 amide bonds. The summed E-state index contributed by atoms with van der Waals surface area (Å²) in [5.74, 6) is -0.260. The van der Waals surface area contributed by atoms with Crippen LogP contribution < -0.4 is 0 Å². The fourth-order valence-corrected chi connectivity index (χ4v) is 3.06. The second-order valence-corrected chi connectivity index (χ2v) is 6.74. The van der Waals surface area contributed by atoms with Gasteiger partial charge in [-0.3, -0.25) is 9.59 Å². The lowest BCUT2D eigenvalue weighted by Crippen LogP contribution is -2.34. The molecule has 112 valence electrons. The third-order valence-electron chi connectivity index (χ3n) is 3.08. The first kappa shape index (κ1) is 18.5. The molecule has 0 aliphatic heterocycles. The normalized spacial score (nSPS) is 13.9. The fraction of sp³-hybridized carbons (Fsp3) is 0.867. The van der Waals surface area contributed by atoms with Gasteiger partial charge in [0, 0.05) is 6.92 Å². The lowest BCUT2D eigenvalue weighted by atomic mass is 10.0. The van der Waals surface area contributed by atoms with E-state index in [4.69, 9.17) is 4.74 Å². The van der Waals surface area contributed by atoms with Gasteiger partial charge in [0.15, 0.2) is 5.12 Å². The summed E-state index contributed by atoms with van der Waals surface area (Å²) in [5.41, 5.74) is 0. The highest BCUT2D eigenvalue weighted by molar-refractivity contribution is 8.15. The minimum absolute atomic E-state index is 0.0264. The molecule has 0 aliphatic carbocycles. The summed E-state index contributed by atoms with van der Waals surface area (Å²) in [6.45, 7) is 7.68. The molecular weight excluding hydrogens is 260 g/mol. The Labute approximate surface area is 121 Å². The van der Waals surface area contributed by atoms with E-state index < -0.39 is 4.75 Å². The van der Waals surface area contributed by atoms with Crippen molar-refractivity contribution in [1.82, 2.24) is 0 Å². The van der Waals surface area contributed by atoms with E-state index in [-0.39, 0.29) is 11.1 Å². The highest BCUT2D eigenvalue weighted by atomic mass is 32.2. The number of esters is 1. The van der Waals surface area contributed by atoms with E-state index in [2.05, 4.69) is 6.92 Å². The SMILES string of the molecule is CCCCCCCC[C@@](C)(SC(C)=O)C(=O)OCC. The van der Waals surface area contributed by atoms with E-state index in [0.717, 1.165) is 24.6 Å². The second-order valence-electron chi connectivity index (χ2n) is 5.06. The first-order chi connectivity index (χ1) is 8.96. The van der Waals surface area contributed by atoms with Crippen LogP contribution >= 0.6 is 11.8 Å². The number of rotatable bonds is 10. The molecule has 0 aliphatic rings. The Morgan fingerprint density at radius 1 is 1.05 bits per heavy atom. The number of hydrogen-bond donors (Lipinski definition) is 0. The summed E-state index contributed by atoms with van der Waals surface area (Å²) in [4.78, 5) is 23.3. The van der Waals surface area contributed by atoms with Crippen LogP contribution in [0.25, 0.3) is 0 Å². The minimum atomic E-state index is -0.716. The number of carbonyl (C=O) groups excluding carboxylic acids is 2. The zero-order valence-electron chi connectivity index (χ0n) is 12.8. The summed E-state index contributed by atoms with van der Waals surface area (Å²) >= 11 is 1.10. The highest BCUT2D eigenvalue weighted by Crippen LogP contribution is 2.33. The van der Waals surface area contributed by atoms with Crippen molar-refractivity contribution in [2.45, 2.75) is 77.4 Å². The molecule has 0 aromatic carbocycles. The Morgan fingerprint density at radius 3 is 2.16 bits per heavy atom. The smallest absolute Gasteiger partial charge is 0.322 e. The molecule has 0 radical (unpaired) electrons. The average Bonchev–Trinajstić information content (AvgIpc) is 2.33. The number of ether oxygens (including phenoxy) is 1. The van der Waals surface area contributed by atoms with Crippen LogP contribution in [0.2, 0.25) is 0 Å². The molecule has 0 unspecified atom stereocenters. The van der Waals surface area contributed by atoms with E-state index in [1.54, 1.807) is 6.92 Å². The predicted octanol–water partition coefficient (Wildman–Crippen LogP) is 4.34. The van der Waals surface area contributed by atoms with Gasteiger partial charge in [-0.2, -0.15) is 0 Å². The Hall–Kier alpha value is -0.510. The van der Waals surface area contributed by atoms with Gasteiger partial charge in [0.25, 0.3) is 0 Å². The lowest BCUT2D eigenvalue weighted by molar-refractivity contribution is -0.146. The van der Waals surface area contributed by atoms with Gasteiger partial charge in [-0.05, 0) is 20.3 Å². The van der Waals surface area contributed by atoms with Crippen LogP contribution in [0, 0.1) is 0 Å². The van der Waals surface area contributed by atoms with Gasteiger partial charge in [0.1, 0.15) is 4.75 Å². The molecule has 0 N–H and O–H groups in total. The fourth-order valence-electron chi connectivity index (χ4n) is 2.04. The van der Waals surface area contributed by atoms with Gasteiger partial charge >= 0.3 is 5.97 Å². The van der Waals surface area contributed by atoms with Gasteiger partial charge in [0.05, 0.1) is 6.61 Å². The minimum Gasteiger partial charge on any atom is -0.465 e. The predicted molar refractivity (Wildman–Crippen MR) is 81.3 cm³/mol. The molecule has 0 heterocycles. The molecular formula is C15H28O3S. The van der Waals surface area contributed by atoms with Crippen LogP contribution in [0.3, 0.4) is 0 Å². The molecule has 0 aromatic heterocycles. The zero-order chi connectivity index (χ0) is 14.7. The van der Waals surface area contributed by atoms with Gasteiger partial charge in [0.2, 0.25) is 0 Å². The summed E-state index contributed by atoms with van der Waals surface area (Å²) in [5, 5.41) is -0.0264. The first-order valence-electron chi connectivity index (χ1n) is 7.33. The maximum Gasteiger partial charge on any atom is 0.322 e. The zero-order valence-corrected chi connectivity index (χ0v) is 13.6. The monoisotopic (exact) mass is 288 g/mol. The van der Waals surface area contributed by atoms with Crippen LogP contribution in [0.1, 0.15) is 72.6 Å². The Bertz CT molecular complexity index is 279. The van der Waals surface area contributed by atoms with Gasteiger partial charge < -0.3 is 4.74 Å². The van der Waals surface area contributed by atoms with Crippen LogP contribution in [0.5, 0.6) is 0 Å². The molecule has 0 bridgehead atoms. The van der Waals surface area contributed by atoms with Gasteiger partial charge in [-0.15, -0.1) is 0 Å². The van der Waals surface area contributed by atoms with Gasteiger partial charge in [-0.1, -0.05) is 57.2 Å². The van der Waals surface area contributed by atoms with Crippen LogP contribution in [-0.2, 0) is 14.3 Å². The van der Waals surface area contributed by atoms with Crippen molar-refractivity contribution in [3.63, 3.8) is 0 Å². The Morgan fingerprint density at radius 2 is 1.63 bits per heavy atom.